The first-order valence-corrected chi connectivity index (χ1v) is 12.6. The fourth-order valence-corrected chi connectivity index (χ4v) is 4.31. The van der Waals surface area contributed by atoms with Gasteiger partial charge in [0.15, 0.2) is 5.78 Å². The first-order chi connectivity index (χ1) is 18.6. The number of anilines is 2. The van der Waals surface area contributed by atoms with Gasteiger partial charge in [-0.15, -0.1) is 13.2 Å². The van der Waals surface area contributed by atoms with Gasteiger partial charge < -0.3 is 21.3 Å². The lowest BCUT2D eigenvalue weighted by Crippen LogP contribution is -2.53. The van der Waals surface area contributed by atoms with E-state index in [0.717, 1.165) is 17.5 Å². The van der Waals surface area contributed by atoms with Crippen LogP contribution in [-0.2, 0) is 19.1 Å². The van der Waals surface area contributed by atoms with E-state index in [-0.39, 0.29) is 24.7 Å². The fraction of sp³-hybridized carbons (Fsp3) is 0.480. The summed E-state index contributed by atoms with van der Waals surface area (Å²) in [6.45, 7) is -0.953. The molecule has 3 amide bonds. The molecule has 210 valence electrons. The van der Waals surface area contributed by atoms with E-state index >= 15 is 0 Å². The SMILES string of the molecule is O=C1NCCC1CC(NC(=O)C(CC1CC1)NC(=O)n1nccc1Nc1ccccc1)C(=O)COC(F)(F)F. The third-order valence-corrected chi connectivity index (χ3v) is 6.53. The first-order valence-electron chi connectivity index (χ1n) is 12.6. The van der Waals surface area contributed by atoms with Gasteiger partial charge in [0.25, 0.3) is 0 Å². The summed E-state index contributed by atoms with van der Waals surface area (Å²) < 4.78 is 42.4. The molecule has 1 aliphatic heterocycles. The Bertz CT molecular complexity index is 1180. The maximum absolute atomic E-state index is 13.3. The van der Waals surface area contributed by atoms with Crippen LogP contribution in [0.2, 0.25) is 0 Å². The zero-order chi connectivity index (χ0) is 28.0. The average Bonchev–Trinajstić information content (AvgIpc) is 3.44. The summed E-state index contributed by atoms with van der Waals surface area (Å²) in [6, 6.07) is 7.41. The number of halogens is 3. The number of para-hydroxylation sites is 1. The molecule has 1 aromatic heterocycles. The van der Waals surface area contributed by atoms with Crippen molar-refractivity contribution in [2.75, 3.05) is 18.5 Å². The van der Waals surface area contributed by atoms with Gasteiger partial charge in [0.2, 0.25) is 11.8 Å². The van der Waals surface area contributed by atoms with Crippen LogP contribution in [-0.4, -0.2) is 65.0 Å². The van der Waals surface area contributed by atoms with Gasteiger partial charge in [-0.2, -0.15) is 9.78 Å². The molecule has 2 fully saturated rings. The van der Waals surface area contributed by atoms with E-state index in [2.05, 4.69) is 31.1 Å². The number of ether oxygens (including phenoxy) is 1. The molecule has 39 heavy (non-hydrogen) atoms. The van der Waals surface area contributed by atoms with Gasteiger partial charge >= 0.3 is 12.4 Å². The van der Waals surface area contributed by atoms with Gasteiger partial charge in [-0.25, -0.2) is 4.79 Å². The second kappa shape index (κ2) is 12.3. The minimum atomic E-state index is -5.04. The number of amides is 3. The van der Waals surface area contributed by atoms with Crippen molar-refractivity contribution in [2.24, 2.45) is 11.8 Å². The van der Waals surface area contributed by atoms with Crippen LogP contribution in [0.15, 0.2) is 42.6 Å². The molecule has 1 saturated carbocycles. The maximum atomic E-state index is 13.3. The lowest BCUT2D eigenvalue weighted by Gasteiger charge is -2.24. The van der Waals surface area contributed by atoms with E-state index in [1.54, 1.807) is 18.2 Å². The molecule has 3 unspecified atom stereocenters. The monoisotopic (exact) mass is 550 g/mol. The van der Waals surface area contributed by atoms with E-state index in [1.807, 2.05) is 18.2 Å². The first kappa shape index (κ1) is 28.1. The zero-order valence-electron chi connectivity index (χ0n) is 20.9. The van der Waals surface area contributed by atoms with Crippen LogP contribution in [0.5, 0.6) is 0 Å². The number of aromatic nitrogens is 2. The average molecular weight is 551 g/mol. The third-order valence-electron chi connectivity index (χ3n) is 6.53. The van der Waals surface area contributed by atoms with Crippen LogP contribution in [0.3, 0.4) is 0 Å². The van der Waals surface area contributed by atoms with Crippen LogP contribution in [0.25, 0.3) is 0 Å². The van der Waals surface area contributed by atoms with Crippen molar-refractivity contribution in [1.29, 1.82) is 0 Å². The van der Waals surface area contributed by atoms with E-state index in [4.69, 9.17) is 0 Å². The molecule has 14 heteroatoms. The highest BCUT2D eigenvalue weighted by atomic mass is 19.4. The van der Waals surface area contributed by atoms with Crippen molar-refractivity contribution in [2.45, 2.75) is 50.6 Å². The Hall–Kier alpha value is -3.94. The van der Waals surface area contributed by atoms with Crippen molar-refractivity contribution in [1.82, 2.24) is 25.7 Å². The van der Waals surface area contributed by atoms with Gasteiger partial charge in [-0.1, -0.05) is 31.0 Å². The molecule has 3 atom stereocenters. The third kappa shape index (κ3) is 8.27. The number of alkyl halides is 3. The molecular weight excluding hydrogens is 521 g/mol. The summed E-state index contributed by atoms with van der Waals surface area (Å²) in [5.74, 6) is -2.27. The van der Waals surface area contributed by atoms with E-state index < -0.39 is 48.7 Å². The number of hydrogen-bond acceptors (Lipinski definition) is 7. The van der Waals surface area contributed by atoms with Crippen molar-refractivity contribution < 1.29 is 37.1 Å². The summed E-state index contributed by atoms with van der Waals surface area (Å²) in [4.78, 5) is 51.0. The topological polar surface area (TPSA) is 143 Å². The van der Waals surface area contributed by atoms with Crippen LogP contribution >= 0.6 is 0 Å². The summed E-state index contributed by atoms with van der Waals surface area (Å²) in [5, 5.41) is 14.8. The number of rotatable bonds is 12. The number of nitrogens with one attached hydrogen (secondary N) is 4. The lowest BCUT2D eigenvalue weighted by molar-refractivity contribution is -0.321. The predicted octanol–water partition coefficient (Wildman–Crippen LogP) is 2.47. The van der Waals surface area contributed by atoms with Crippen molar-refractivity contribution in [3.8, 4) is 0 Å². The number of nitrogens with zero attached hydrogens (tertiary/aromatic N) is 2. The molecule has 4 rings (SSSR count). The molecule has 0 radical (unpaired) electrons. The Kier molecular flexibility index (Phi) is 8.84. The smallest absolute Gasteiger partial charge is 0.356 e. The van der Waals surface area contributed by atoms with Crippen LogP contribution in [0.1, 0.15) is 32.1 Å². The Morgan fingerprint density at radius 1 is 1.05 bits per heavy atom. The lowest BCUT2D eigenvalue weighted by atomic mass is 9.95. The second-order valence-corrected chi connectivity index (χ2v) is 9.57. The number of ketones is 1. The maximum Gasteiger partial charge on any atom is 0.522 e. The van der Waals surface area contributed by atoms with Crippen molar-refractivity contribution in [3.63, 3.8) is 0 Å². The van der Waals surface area contributed by atoms with E-state index in [9.17, 15) is 32.3 Å². The minimum absolute atomic E-state index is 0.170. The predicted molar refractivity (Wildman–Crippen MR) is 132 cm³/mol. The van der Waals surface area contributed by atoms with E-state index in [1.165, 1.54) is 6.20 Å². The van der Waals surface area contributed by atoms with Gasteiger partial charge in [-0.3, -0.25) is 19.1 Å². The molecular formula is C25H29F3N6O5. The molecule has 2 heterocycles. The molecule has 0 spiro atoms. The van der Waals surface area contributed by atoms with Crippen molar-refractivity contribution in [3.05, 3.63) is 42.6 Å². The standard InChI is InChI=1S/C25H29F3N6O5/c26-25(27,28)39-14-20(35)18(13-16-8-10-29-22(16)36)32-23(37)19(12-15-6-7-15)33-24(38)34-21(9-11-30-34)31-17-4-2-1-3-5-17/h1-5,9,11,15-16,18-19,31H,6-8,10,12-14H2,(H,29,36)(H,32,37)(H,33,38). The Morgan fingerprint density at radius 2 is 1.79 bits per heavy atom. The highest BCUT2D eigenvalue weighted by Crippen LogP contribution is 2.33. The Labute approximate surface area is 221 Å². The molecule has 4 N–H and O–H groups in total. The summed E-state index contributed by atoms with van der Waals surface area (Å²) in [5.41, 5.74) is 0.706. The summed E-state index contributed by atoms with van der Waals surface area (Å²) in [6.07, 6.45) is -1.47. The second-order valence-electron chi connectivity index (χ2n) is 9.57. The quantitative estimate of drug-likeness (QED) is 0.318. The Morgan fingerprint density at radius 3 is 2.44 bits per heavy atom. The largest absolute Gasteiger partial charge is 0.522 e. The highest BCUT2D eigenvalue weighted by Gasteiger charge is 2.37. The van der Waals surface area contributed by atoms with Gasteiger partial charge in [0.05, 0.1) is 12.2 Å². The molecule has 1 saturated heterocycles. The van der Waals surface area contributed by atoms with Gasteiger partial charge in [0, 0.05) is 24.2 Å². The minimum Gasteiger partial charge on any atom is -0.356 e. The number of benzene rings is 1. The molecule has 1 aromatic carbocycles. The fourth-order valence-electron chi connectivity index (χ4n) is 4.31. The van der Waals surface area contributed by atoms with Gasteiger partial charge in [-0.05, 0) is 37.3 Å². The molecule has 1 aliphatic carbocycles. The van der Waals surface area contributed by atoms with Crippen LogP contribution in [0, 0.1) is 11.8 Å². The molecule has 11 nitrogen and oxygen atoms in total. The Balaban J connectivity index is 1.46. The number of hydrogen-bond donors (Lipinski definition) is 4. The number of Topliss-reactive ketones (excluding diaryl/α,β-unsaturated/α-hetero) is 1. The molecule has 2 aromatic rings. The van der Waals surface area contributed by atoms with Crippen LogP contribution in [0.4, 0.5) is 29.5 Å². The summed E-state index contributed by atoms with van der Waals surface area (Å²) in [7, 11) is 0. The zero-order valence-corrected chi connectivity index (χ0v) is 20.9. The highest BCUT2D eigenvalue weighted by molar-refractivity contribution is 5.94. The van der Waals surface area contributed by atoms with Crippen LogP contribution < -0.4 is 21.3 Å². The number of carbonyl (C=O) groups is 4. The number of carbonyl (C=O) groups excluding carboxylic acids is 4. The normalized spacial score (nSPS) is 18.6. The molecule has 0 bridgehead atoms. The molecule has 2 aliphatic rings. The van der Waals surface area contributed by atoms with E-state index in [0.29, 0.717) is 24.5 Å². The summed E-state index contributed by atoms with van der Waals surface area (Å²) >= 11 is 0. The van der Waals surface area contributed by atoms with Gasteiger partial charge in [0.1, 0.15) is 18.5 Å². The van der Waals surface area contributed by atoms with Crippen molar-refractivity contribution >= 4 is 35.1 Å².